The van der Waals surface area contributed by atoms with Gasteiger partial charge in [-0.3, -0.25) is 4.79 Å². The normalized spacial score (nSPS) is 11.8. The topological polar surface area (TPSA) is 93.5 Å². The fourth-order valence-corrected chi connectivity index (χ4v) is 5.29. The van der Waals surface area contributed by atoms with Crippen molar-refractivity contribution in [3.05, 3.63) is 53.3 Å². The van der Waals surface area contributed by atoms with E-state index in [9.17, 15) is 13.2 Å². The SMILES string of the molecule is CCN(CC)S(=O)(=O)c1ccc2c(c1)nc(CCC(=O)NCc1ccc(C)c(OC)c1)n2C. The van der Waals surface area contributed by atoms with Crippen LogP contribution in [0, 0.1) is 6.92 Å². The Morgan fingerprint density at radius 2 is 1.88 bits per heavy atom. The summed E-state index contributed by atoms with van der Waals surface area (Å²) in [6.07, 6.45) is 0.733. The smallest absolute Gasteiger partial charge is 0.243 e. The lowest BCUT2D eigenvalue weighted by Gasteiger charge is -2.18. The van der Waals surface area contributed by atoms with E-state index in [4.69, 9.17) is 4.74 Å². The fourth-order valence-electron chi connectivity index (χ4n) is 3.81. The summed E-state index contributed by atoms with van der Waals surface area (Å²) >= 11 is 0. The monoisotopic (exact) mass is 472 g/mol. The van der Waals surface area contributed by atoms with Gasteiger partial charge in [0.25, 0.3) is 0 Å². The van der Waals surface area contributed by atoms with Crippen LogP contribution >= 0.6 is 0 Å². The first-order valence-electron chi connectivity index (χ1n) is 11.1. The van der Waals surface area contributed by atoms with Crippen molar-refractivity contribution in [2.24, 2.45) is 7.05 Å². The van der Waals surface area contributed by atoms with E-state index >= 15 is 0 Å². The number of nitrogens with zero attached hydrogens (tertiary/aromatic N) is 3. The van der Waals surface area contributed by atoms with Crippen LogP contribution in [0.25, 0.3) is 11.0 Å². The number of fused-ring (bicyclic) bond motifs is 1. The predicted octanol–water partition coefficient (Wildman–Crippen LogP) is 3.17. The number of sulfonamides is 1. The molecule has 0 aliphatic carbocycles. The minimum Gasteiger partial charge on any atom is -0.496 e. The summed E-state index contributed by atoms with van der Waals surface area (Å²) in [6, 6.07) is 10.8. The number of carbonyl (C=O) groups is 1. The van der Waals surface area contributed by atoms with Crippen molar-refractivity contribution >= 4 is 27.0 Å². The van der Waals surface area contributed by atoms with Gasteiger partial charge in [-0.15, -0.1) is 0 Å². The molecule has 0 radical (unpaired) electrons. The van der Waals surface area contributed by atoms with Gasteiger partial charge in [0.2, 0.25) is 15.9 Å². The molecule has 1 amide bonds. The number of rotatable bonds is 10. The molecule has 3 rings (SSSR count). The summed E-state index contributed by atoms with van der Waals surface area (Å²) in [7, 11) is -0.0493. The zero-order chi connectivity index (χ0) is 24.2. The minimum atomic E-state index is -3.55. The maximum absolute atomic E-state index is 12.8. The molecular formula is C24H32N4O4S. The van der Waals surface area contributed by atoms with E-state index in [1.165, 1.54) is 4.31 Å². The molecule has 0 saturated carbocycles. The fraction of sp³-hybridized carbons (Fsp3) is 0.417. The largest absolute Gasteiger partial charge is 0.496 e. The molecule has 0 bridgehead atoms. The summed E-state index contributed by atoms with van der Waals surface area (Å²) in [6.45, 7) is 6.85. The molecule has 8 nitrogen and oxygen atoms in total. The number of carbonyl (C=O) groups excluding carboxylic acids is 1. The number of benzene rings is 2. The molecule has 0 unspecified atom stereocenters. The second-order valence-electron chi connectivity index (χ2n) is 7.91. The Balaban J connectivity index is 1.68. The Morgan fingerprint density at radius 3 is 2.55 bits per heavy atom. The van der Waals surface area contributed by atoms with Gasteiger partial charge in [0, 0.05) is 39.5 Å². The summed E-state index contributed by atoms with van der Waals surface area (Å²) in [5.74, 6) is 1.45. The quantitative estimate of drug-likeness (QED) is 0.489. The van der Waals surface area contributed by atoms with Crippen molar-refractivity contribution in [3.8, 4) is 5.75 Å². The molecule has 0 atom stereocenters. The molecule has 3 aromatic rings. The van der Waals surface area contributed by atoms with Crippen LogP contribution in [-0.4, -0.2) is 48.4 Å². The molecule has 1 heterocycles. The lowest BCUT2D eigenvalue weighted by atomic mass is 10.1. The summed E-state index contributed by atoms with van der Waals surface area (Å²) in [5, 5.41) is 2.93. The van der Waals surface area contributed by atoms with Crippen molar-refractivity contribution in [2.75, 3.05) is 20.2 Å². The molecule has 33 heavy (non-hydrogen) atoms. The van der Waals surface area contributed by atoms with Gasteiger partial charge in [-0.2, -0.15) is 4.31 Å². The average molecular weight is 473 g/mol. The summed E-state index contributed by atoms with van der Waals surface area (Å²) in [4.78, 5) is 17.2. The Hall–Kier alpha value is -2.91. The molecule has 0 spiro atoms. The van der Waals surface area contributed by atoms with Crippen molar-refractivity contribution in [1.29, 1.82) is 0 Å². The highest BCUT2D eigenvalue weighted by molar-refractivity contribution is 7.89. The van der Waals surface area contributed by atoms with Crippen LogP contribution in [0.3, 0.4) is 0 Å². The summed E-state index contributed by atoms with van der Waals surface area (Å²) in [5.41, 5.74) is 3.45. The number of amides is 1. The van der Waals surface area contributed by atoms with E-state index in [0.717, 1.165) is 28.2 Å². The van der Waals surface area contributed by atoms with Gasteiger partial charge in [-0.25, -0.2) is 13.4 Å². The van der Waals surface area contributed by atoms with Crippen LogP contribution in [0.4, 0.5) is 0 Å². The van der Waals surface area contributed by atoms with Gasteiger partial charge in [-0.1, -0.05) is 26.0 Å². The third-order valence-corrected chi connectivity index (χ3v) is 7.87. The van der Waals surface area contributed by atoms with Crippen molar-refractivity contribution in [2.45, 2.75) is 45.1 Å². The van der Waals surface area contributed by atoms with E-state index in [0.29, 0.717) is 31.6 Å². The van der Waals surface area contributed by atoms with E-state index < -0.39 is 10.0 Å². The first kappa shape index (κ1) is 24.7. The van der Waals surface area contributed by atoms with Crippen LogP contribution in [0.1, 0.15) is 37.2 Å². The third-order valence-electron chi connectivity index (χ3n) is 5.83. The first-order chi connectivity index (χ1) is 15.7. The summed E-state index contributed by atoms with van der Waals surface area (Å²) < 4.78 is 34.3. The molecule has 9 heteroatoms. The van der Waals surface area contributed by atoms with E-state index in [-0.39, 0.29) is 17.2 Å². The molecule has 0 fully saturated rings. The lowest BCUT2D eigenvalue weighted by molar-refractivity contribution is -0.121. The molecule has 1 N–H and O–H groups in total. The van der Waals surface area contributed by atoms with Gasteiger partial charge in [0.15, 0.2) is 0 Å². The predicted molar refractivity (Wildman–Crippen MR) is 129 cm³/mol. The second-order valence-corrected chi connectivity index (χ2v) is 9.85. The standard InChI is InChI=1S/C24H32N4O4S/c1-6-28(7-2)33(30,31)19-10-11-21-20(15-19)26-23(27(21)4)12-13-24(29)25-16-18-9-8-17(3)22(14-18)32-5/h8-11,14-15H,6-7,12-13,16H2,1-5H3,(H,25,29). The maximum Gasteiger partial charge on any atom is 0.243 e. The van der Waals surface area contributed by atoms with Crippen molar-refractivity contribution in [3.63, 3.8) is 0 Å². The van der Waals surface area contributed by atoms with Gasteiger partial charge in [0.1, 0.15) is 11.6 Å². The second kappa shape index (κ2) is 10.4. The number of imidazole rings is 1. The molecular weight excluding hydrogens is 440 g/mol. The maximum atomic E-state index is 12.8. The lowest BCUT2D eigenvalue weighted by Crippen LogP contribution is -2.30. The molecule has 0 aliphatic rings. The molecule has 0 aliphatic heterocycles. The van der Waals surface area contributed by atoms with Crippen molar-refractivity contribution in [1.82, 2.24) is 19.2 Å². The average Bonchev–Trinajstić information content (AvgIpc) is 3.12. The number of methoxy groups -OCH3 is 1. The van der Waals surface area contributed by atoms with Crippen LogP contribution in [0.5, 0.6) is 5.75 Å². The Labute approximate surface area is 195 Å². The molecule has 1 aromatic heterocycles. The van der Waals surface area contributed by atoms with E-state index in [1.54, 1.807) is 25.3 Å². The zero-order valence-corrected chi connectivity index (χ0v) is 20.7. The zero-order valence-electron chi connectivity index (χ0n) is 19.9. The Kier molecular flexibility index (Phi) is 7.76. The van der Waals surface area contributed by atoms with E-state index in [1.807, 2.05) is 50.6 Å². The highest BCUT2D eigenvalue weighted by atomic mass is 32.2. The number of aromatic nitrogens is 2. The number of hydrogen-bond acceptors (Lipinski definition) is 5. The number of aryl methyl sites for hydroxylation is 3. The van der Waals surface area contributed by atoms with Gasteiger partial charge < -0.3 is 14.6 Å². The molecule has 178 valence electrons. The van der Waals surface area contributed by atoms with Crippen LogP contribution < -0.4 is 10.1 Å². The van der Waals surface area contributed by atoms with Crippen molar-refractivity contribution < 1.29 is 17.9 Å². The minimum absolute atomic E-state index is 0.0774. The highest BCUT2D eigenvalue weighted by Gasteiger charge is 2.22. The van der Waals surface area contributed by atoms with Gasteiger partial charge >= 0.3 is 0 Å². The van der Waals surface area contributed by atoms with E-state index in [2.05, 4.69) is 10.3 Å². The Morgan fingerprint density at radius 1 is 1.15 bits per heavy atom. The van der Waals surface area contributed by atoms with Crippen LogP contribution in [0.2, 0.25) is 0 Å². The highest BCUT2D eigenvalue weighted by Crippen LogP contribution is 2.23. The number of hydrogen-bond donors (Lipinski definition) is 1. The van der Waals surface area contributed by atoms with Crippen LogP contribution in [0.15, 0.2) is 41.3 Å². The van der Waals surface area contributed by atoms with Gasteiger partial charge in [-0.05, 0) is 42.3 Å². The number of nitrogens with one attached hydrogen (secondary N) is 1. The Bertz CT molecular complexity index is 1250. The molecule has 0 saturated heterocycles. The first-order valence-corrected chi connectivity index (χ1v) is 12.5. The van der Waals surface area contributed by atoms with Crippen LogP contribution in [-0.2, 0) is 34.8 Å². The number of ether oxygens (including phenoxy) is 1. The molecule has 2 aromatic carbocycles. The van der Waals surface area contributed by atoms with Gasteiger partial charge in [0.05, 0.1) is 23.0 Å². The third kappa shape index (κ3) is 5.36.